The summed E-state index contributed by atoms with van der Waals surface area (Å²) in [6.07, 6.45) is 1.47. The van der Waals surface area contributed by atoms with E-state index in [1.165, 1.54) is 15.8 Å². The number of rotatable bonds is 4. The number of ether oxygens (including phenoxy) is 2. The SMILES string of the molecule is CN(C)C(=O)Nc1cn(CC(=O)Nc2ccc3c(c2)OCO3)nn1. The van der Waals surface area contributed by atoms with Crippen molar-refractivity contribution in [3.05, 3.63) is 24.4 Å². The molecule has 0 bridgehead atoms. The van der Waals surface area contributed by atoms with Crippen molar-refractivity contribution in [3.8, 4) is 11.5 Å². The highest BCUT2D eigenvalue weighted by Gasteiger charge is 2.15. The minimum absolute atomic E-state index is 0.0424. The molecule has 1 aliphatic heterocycles. The Balaban J connectivity index is 1.57. The van der Waals surface area contributed by atoms with Gasteiger partial charge in [-0.15, -0.1) is 5.10 Å². The van der Waals surface area contributed by atoms with Gasteiger partial charge in [-0.1, -0.05) is 5.21 Å². The summed E-state index contributed by atoms with van der Waals surface area (Å²) >= 11 is 0. The second-order valence-corrected chi connectivity index (χ2v) is 5.24. The molecule has 0 saturated carbocycles. The van der Waals surface area contributed by atoms with Gasteiger partial charge in [-0.2, -0.15) is 0 Å². The first kappa shape index (κ1) is 15.6. The topological polar surface area (TPSA) is 111 Å². The smallest absolute Gasteiger partial charge is 0.322 e. The number of anilines is 2. The van der Waals surface area contributed by atoms with E-state index in [1.54, 1.807) is 32.3 Å². The average molecular weight is 332 g/mol. The number of benzene rings is 1. The van der Waals surface area contributed by atoms with Gasteiger partial charge >= 0.3 is 6.03 Å². The average Bonchev–Trinajstić information content (AvgIpc) is 3.15. The Morgan fingerprint density at radius 2 is 2.04 bits per heavy atom. The summed E-state index contributed by atoms with van der Waals surface area (Å²) in [5.74, 6) is 1.21. The van der Waals surface area contributed by atoms with Gasteiger partial charge in [0.1, 0.15) is 6.54 Å². The van der Waals surface area contributed by atoms with Gasteiger partial charge < -0.3 is 19.7 Å². The minimum Gasteiger partial charge on any atom is -0.454 e. The van der Waals surface area contributed by atoms with Gasteiger partial charge in [0.25, 0.3) is 0 Å². The highest BCUT2D eigenvalue weighted by molar-refractivity contribution is 5.91. The van der Waals surface area contributed by atoms with Crippen LogP contribution in [0.25, 0.3) is 0 Å². The third-order valence-corrected chi connectivity index (χ3v) is 3.14. The standard InChI is InChI=1S/C14H16N6O4/c1-19(2)14(22)16-12-6-20(18-17-12)7-13(21)15-9-3-4-10-11(5-9)24-8-23-10/h3-6H,7-8H2,1-2H3,(H,15,21)(H,16,22). The molecule has 1 aromatic heterocycles. The number of hydrogen-bond acceptors (Lipinski definition) is 6. The number of fused-ring (bicyclic) bond motifs is 1. The van der Waals surface area contributed by atoms with Crippen LogP contribution >= 0.6 is 0 Å². The van der Waals surface area contributed by atoms with E-state index in [4.69, 9.17) is 9.47 Å². The van der Waals surface area contributed by atoms with Gasteiger partial charge in [-0.25, -0.2) is 9.48 Å². The quantitative estimate of drug-likeness (QED) is 0.854. The van der Waals surface area contributed by atoms with Crippen LogP contribution in [0.4, 0.5) is 16.3 Å². The van der Waals surface area contributed by atoms with E-state index < -0.39 is 0 Å². The molecule has 0 saturated heterocycles. The molecule has 2 heterocycles. The van der Waals surface area contributed by atoms with Crippen molar-refractivity contribution in [2.75, 3.05) is 31.5 Å². The minimum atomic E-state index is -0.327. The molecule has 3 rings (SSSR count). The Kier molecular flexibility index (Phi) is 4.18. The predicted octanol–water partition coefficient (Wildman–Crippen LogP) is 0.739. The molecule has 0 fully saturated rings. The van der Waals surface area contributed by atoms with E-state index in [1.807, 2.05) is 0 Å². The number of urea groups is 1. The summed E-state index contributed by atoms with van der Waals surface area (Å²) in [5.41, 5.74) is 0.588. The Hall–Kier alpha value is -3.30. The lowest BCUT2D eigenvalue weighted by Gasteiger charge is -2.09. The Morgan fingerprint density at radius 1 is 1.25 bits per heavy atom. The zero-order valence-corrected chi connectivity index (χ0v) is 13.1. The van der Waals surface area contributed by atoms with Crippen LogP contribution < -0.4 is 20.1 Å². The Labute approximate surface area is 137 Å². The summed E-state index contributed by atoms with van der Waals surface area (Å²) in [4.78, 5) is 24.9. The van der Waals surface area contributed by atoms with E-state index in [0.29, 0.717) is 17.2 Å². The van der Waals surface area contributed by atoms with Crippen LogP contribution in [0.5, 0.6) is 11.5 Å². The normalized spacial score (nSPS) is 11.9. The summed E-state index contributed by atoms with van der Waals surface area (Å²) in [7, 11) is 3.22. The highest BCUT2D eigenvalue weighted by Crippen LogP contribution is 2.34. The third-order valence-electron chi connectivity index (χ3n) is 3.14. The van der Waals surface area contributed by atoms with Gasteiger partial charge in [0.15, 0.2) is 17.3 Å². The van der Waals surface area contributed by atoms with E-state index in [0.717, 1.165) is 0 Å². The van der Waals surface area contributed by atoms with Crippen LogP contribution in [0.15, 0.2) is 24.4 Å². The van der Waals surface area contributed by atoms with Crippen LogP contribution in [0.2, 0.25) is 0 Å². The first-order valence-electron chi connectivity index (χ1n) is 7.09. The van der Waals surface area contributed by atoms with Crippen molar-refractivity contribution < 1.29 is 19.1 Å². The molecule has 10 nitrogen and oxygen atoms in total. The number of amides is 3. The summed E-state index contributed by atoms with van der Waals surface area (Å²) in [5, 5.41) is 12.9. The molecule has 0 unspecified atom stereocenters. The summed E-state index contributed by atoms with van der Waals surface area (Å²) in [6, 6.07) is 4.80. The monoisotopic (exact) mass is 332 g/mol. The molecule has 126 valence electrons. The first-order valence-corrected chi connectivity index (χ1v) is 7.09. The number of nitrogens with one attached hydrogen (secondary N) is 2. The molecule has 0 radical (unpaired) electrons. The molecule has 0 aliphatic carbocycles. The fourth-order valence-corrected chi connectivity index (χ4v) is 1.98. The van der Waals surface area contributed by atoms with Crippen LogP contribution in [0.1, 0.15) is 0 Å². The lowest BCUT2D eigenvalue weighted by molar-refractivity contribution is -0.116. The van der Waals surface area contributed by atoms with E-state index in [9.17, 15) is 9.59 Å². The van der Waals surface area contributed by atoms with Crippen molar-refractivity contribution in [2.45, 2.75) is 6.54 Å². The van der Waals surface area contributed by atoms with Gasteiger partial charge in [0.2, 0.25) is 12.7 Å². The largest absolute Gasteiger partial charge is 0.454 e. The second kappa shape index (κ2) is 6.44. The fraction of sp³-hybridized carbons (Fsp3) is 0.286. The molecule has 1 aromatic carbocycles. The number of hydrogen-bond donors (Lipinski definition) is 2. The van der Waals surface area contributed by atoms with Crippen LogP contribution in [0, 0.1) is 0 Å². The molecular formula is C14H16N6O4. The number of nitrogens with zero attached hydrogens (tertiary/aromatic N) is 4. The van der Waals surface area contributed by atoms with Crippen molar-refractivity contribution in [1.82, 2.24) is 19.9 Å². The molecule has 0 atom stereocenters. The van der Waals surface area contributed by atoms with Crippen molar-refractivity contribution in [1.29, 1.82) is 0 Å². The van der Waals surface area contributed by atoms with Crippen molar-refractivity contribution >= 4 is 23.4 Å². The molecule has 10 heteroatoms. The summed E-state index contributed by atoms with van der Waals surface area (Å²) in [6.45, 7) is 0.131. The maximum Gasteiger partial charge on any atom is 0.322 e. The predicted molar refractivity (Wildman–Crippen MR) is 83.9 cm³/mol. The fourth-order valence-electron chi connectivity index (χ4n) is 1.98. The van der Waals surface area contributed by atoms with Crippen molar-refractivity contribution in [3.63, 3.8) is 0 Å². The van der Waals surface area contributed by atoms with Gasteiger partial charge in [0, 0.05) is 25.8 Å². The van der Waals surface area contributed by atoms with Crippen LogP contribution in [-0.2, 0) is 11.3 Å². The molecular weight excluding hydrogens is 316 g/mol. The highest BCUT2D eigenvalue weighted by atomic mass is 16.7. The van der Waals surface area contributed by atoms with E-state index in [2.05, 4.69) is 20.9 Å². The molecule has 2 aromatic rings. The second-order valence-electron chi connectivity index (χ2n) is 5.24. The zero-order valence-electron chi connectivity index (χ0n) is 13.1. The molecule has 24 heavy (non-hydrogen) atoms. The maximum absolute atomic E-state index is 12.1. The van der Waals surface area contributed by atoms with Gasteiger partial charge in [0.05, 0.1) is 6.20 Å². The zero-order chi connectivity index (χ0) is 17.1. The molecule has 2 N–H and O–H groups in total. The van der Waals surface area contributed by atoms with Crippen LogP contribution in [0.3, 0.4) is 0 Å². The lowest BCUT2D eigenvalue weighted by Crippen LogP contribution is -2.27. The van der Waals surface area contributed by atoms with Gasteiger partial charge in [-0.3, -0.25) is 10.1 Å². The number of carbonyl (C=O) groups is 2. The Morgan fingerprint density at radius 3 is 2.83 bits per heavy atom. The molecule has 0 spiro atoms. The van der Waals surface area contributed by atoms with E-state index in [-0.39, 0.29) is 31.1 Å². The lowest BCUT2D eigenvalue weighted by atomic mass is 10.3. The molecule has 1 aliphatic rings. The molecule has 3 amide bonds. The van der Waals surface area contributed by atoms with Gasteiger partial charge in [-0.05, 0) is 12.1 Å². The first-order chi connectivity index (χ1) is 11.5. The Bertz CT molecular complexity index is 772. The van der Waals surface area contributed by atoms with Crippen molar-refractivity contribution in [2.24, 2.45) is 0 Å². The number of carbonyl (C=O) groups excluding carboxylic acids is 2. The maximum atomic E-state index is 12.1. The van der Waals surface area contributed by atoms with E-state index >= 15 is 0 Å². The summed E-state index contributed by atoms with van der Waals surface area (Å²) < 4.78 is 11.8. The van der Waals surface area contributed by atoms with Crippen LogP contribution in [-0.4, -0.2) is 52.7 Å². The number of aromatic nitrogens is 3. The third kappa shape index (κ3) is 3.54.